The third-order valence-electron chi connectivity index (χ3n) is 7.72. The van der Waals surface area contributed by atoms with Crippen LogP contribution in [0, 0.1) is 23.6 Å². The molecule has 1 amide bonds. The summed E-state index contributed by atoms with van der Waals surface area (Å²) in [7, 11) is 0. The van der Waals surface area contributed by atoms with Gasteiger partial charge in [0.1, 0.15) is 5.82 Å². The van der Waals surface area contributed by atoms with Crippen LogP contribution in [0.3, 0.4) is 0 Å². The number of piperidine rings is 1. The molecule has 2 aliphatic heterocycles. The first-order valence-corrected chi connectivity index (χ1v) is 12.2. The van der Waals surface area contributed by atoms with Gasteiger partial charge >= 0.3 is 5.97 Å². The third kappa shape index (κ3) is 5.80. The number of hydrogen-bond donors (Lipinski definition) is 1. The SMILES string of the molecule is O=C(O)C[C@@H]1CCN(C(=O)C2CCCC2)C[C@H]1CCN1CCN(c2ccc(F)cc2)CC1. The second-order valence-corrected chi connectivity index (χ2v) is 9.77. The Balaban J connectivity index is 1.29. The molecule has 0 unspecified atom stereocenters. The summed E-state index contributed by atoms with van der Waals surface area (Å²) < 4.78 is 13.2. The fraction of sp³-hybridized carbons (Fsp3) is 0.680. The molecule has 176 valence electrons. The van der Waals surface area contributed by atoms with Crippen LogP contribution in [0.5, 0.6) is 0 Å². The molecule has 0 bridgehead atoms. The third-order valence-corrected chi connectivity index (χ3v) is 7.72. The fourth-order valence-corrected chi connectivity index (χ4v) is 5.76. The van der Waals surface area contributed by atoms with Crippen LogP contribution >= 0.6 is 0 Å². The number of benzene rings is 1. The van der Waals surface area contributed by atoms with E-state index in [1.54, 1.807) is 0 Å². The average molecular weight is 446 g/mol. The van der Waals surface area contributed by atoms with Crippen LogP contribution < -0.4 is 4.90 Å². The molecule has 1 N–H and O–H groups in total. The van der Waals surface area contributed by atoms with Gasteiger partial charge in [-0.15, -0.1) is 0 Å². The molecule has 7 heteroatoms. The Bertz CT molecular complexity index is 773. The summed E-state index contributed by atoms with van der Waals surface area (Å²) >= 11 is 0. The summed E-state index contributed by atoms with van der Waals surface area (Å²) in [5, 5.41) is 9.38. The number of halogens is 1. The van der Waals surface area contributed by atoms with Gasteiger partial charge in [-0.2, -0.15) is 0 Å². The van der Waals surface area contributed by atoms with Crippen LogP contribution in [-0.2, 0) is 9.59 Å². The van der Waals surface area contributed by atoms with Gasteiger partial charge in [-0.25, -0.2) is 4.39 Å². The molecule has 32 heavy (non-hydrogen) atoms. The molecule has 3 fully saturated rings. The Morgan fingerprint density at radius 1 is 0.938 bits per heavy atom. The first-order valence-electron chi connectivity index (χ1n) is 12.2. The number of hydrogen-bond acceptors (Lipinski definition) is 4. The lowest BCUT2D eigenvalue weighted by Crippen LogP contribution is -2.49. The van der Waals surface area contributed by atoms with E-state index in [2.05, 4.69) is 9.80 Å². The van der Waals surface area contributed by atoms with Crippen LogP contribution in [0.2, 0.25) is 0 Å². The van der Waals surface area contributed by atoms with Gasteiger partial charge in [0.2, 0.25) is 5.91 Å². The first kappa shape index (κ1) is 23.0. The molecule has 1 aromatic carbocycles. The highest BCUT2D eigenvalue weighted by atomic mass is 19.1. The van der Waals surface area contributed by atoms with E-state index < -0.39 is 5.97 Å². The highest BCUT2D eigenvalue weighted by Gasteiger charge is 2.35. The van der Waals surface area contributed by atoms with Crippen molar-refractivity contribution >= 4 is 17.6 Å². The summed E-state index contributed by atoms with van der Waals surface area (Å²) in [5.41, 5.74) is 1.06. The zero-order chi connectivity index (χ0) is 22.5. The number of nitrogens with zero attached hydrogens (tertiary/aromatic N) is 3. The Hall–Kier alpha value is -2.15. The lowest BCUT2D eigenvalue weighted by Gasteiger charge is -2.41. The maximum atomic E-state index is 13.2. The predicted octanol–water partition coefficient (Wildman–Crippen LogP) is 3.47. The number of piperazine rings is 1. The standard InChI is InChI=1S/C25H36FN3O3/c26-22-5-7-23(8-6-22)28-15-13-27(14-16-28)11-9-21-18-29(12-10-20(21)17-24(30)31)25(32)19-3-1-2-4-19/h5-8,19-21H,1-4,9-18H2,(H,30,31)/t20-,21+/m0/s1. The van der Waals surface area contributed by atoms with Crippen LogP contribution in [-0.4, -0.2) is 72.6 Å². The Labute approximate surface area is 190 Å². The van der Waals surface area contributed by atoms with E-state index in [9.17, 15) is 19.1 Å². The second-order valence-electron chi connectivity index (χ2n) is 9.77. The van der Waals surface area contributed by atoms with E-state index in [1.165, 1.54) is 12.1 Å². The molecule has 6 nitrogen and oxygen atoms in total. The lowest BCUT2D eigenvalue weighted by atomic mass is 9.80. The van der Waals surface area contributed by atoms with Crippen LogP contribution in [0.1, 0.15) is 44.9 Å². The van der Waals surface area contributed by atoms with Crippen molar-refractivity contribution in [2.45, 2.75) is 44.9 Å². The number of amides is 1. The predicted molar refractivity (Wildman–Crippen MR) is 122 cm³/mol. The topological polar surface area (TPSA) is 64.1 Å². The number of likely N-dealkylation sites (tertiary alicyclic amines) is 1. The maximum Gasteiger partial charge on any atom is 0.303 e. The van der Waals surface area contributed by atoms with Gasteiger partial charge in [0.25, 0.3) is 0 Å². The number of carboxylic acid groups (broad SMARTS) is 1. The first-order chi connectivity index (χ1) is 15.5. The average Bonchev–Trinajstić information content (AvgIpc) is 3.33. The molecule has 0 radical (unpaired) electrons. The molecule has 3 aliphatic rings. The number of carbonyl (C=O) groups is 2. The number of rotatable bonds is 7. The van der Waals surface area contributed by atoms with Crippen LogP contribution in [0.15, 0.2) is 24.3 Å². The molecule has 2 atom stereocenters. The molecule has 1 saturated carbocycles. The summed E-state index contributed by atoms with van der Waals surface area (Å²) in [6, 6.07) is 6.68. The second kappa shape index (κ2) is 10.6. The van der Waals surface area contributed by atoms with E-state index in [4.69, 9.17) is 0 Å². The minimum absolute atomic E-state index is 0.153. The van der Waals surface area contributed by atoms with Gasteiger partial charge in [0, 0.05) is 57.3 Å². The van der Waals surface area contributed by atoms with Gasteiger partial charge in [-0.05, 0) is 68.3 Å². The maximum absolute atomic E-state index is 13.2. The minimum atomic E-state index is -0.733. The van der Waals surface area contributed by atoms with Crippen molar-refractivity contribution in [2.24, 2.45) is 17.8 Å². The molecule has 2 saturated heterocycles. The Morgan fingerprint density at radius 3 is 2.28 bits per heavy atom. The van der Waals surface area contributed by atoms with Crippen molar-refractivity contribution in [1.29, 1.82) is 0 Å². The van der Waals surface area contributed by atoms with Gasteiger partial charge in [-0.3, -0.25) is 14.5 Å². The van der Waals surface area contributed by atoms with Gasteiger partial charge < -0.3 is 14.9 Å². The van der Waals surface area contributed by atoms with E-state index in [-0.39, 0.29) is 30.0 Å². The molecule has 0 aromatic heterocycles. The molecule has 4 rings (SSSR count). The fourth-order valence-electron chi connectivity index (χ4n) is 5.76. The smallest absolute Gasteiger partial charge is 0.303 e. The number of aliphatic carboxylic acids is 1. The number of carboxylic acids is 1. The Morgan fingerprint density at radius 2 is 1.62 bits per heavy atom. The summed E-state index contributed by atoms with van der Waals surface area (Å²) in [5.74, 6) is -0.0546. The van der Waals surface area contributed by atoms with Crippen molar-refractivity contribution in [3.8, 4) is 0 Å². The van der Waals surface area contributed by atoms with E-state index in [0.29, 0.717) is 19.0 Å². The molecular weight excluding hydrogens is 409 g/mol. The van der Waals surface area contributed by atoms with Gasteiger partial charge in [0.15, 0.2) is 0 Å². The summed E-state index contributed by atoms with van der Waals surface area (Å²) in [6.07, 6.45) is 6.26. The van der Waals surface area contributed by atoms with E-state index in [0.717, 1.165) is 76.9 Å². The molecule has 2 heterocycles. The van der Waals surface area contributed by atoms with Crippen molar-refractivity contribution in [1.82, 2.24) is 9.80 Å². The quantitative estimate of drug-likeness (QED) is 0.696. The number of anilines is 1. The van der Waals surface area contributed by atoms with Crippen molar-refractivity contribution in [2.75, 3.05) is 50.7 Å². The highest BCUT2D eigenvalue weighted by Crippen LogP contribution is 2.33. The summed E-state index contributed by atoms with van der Waals surface area (Å²) in [4.78, 5) is 31.1. The zero-order valence-electron chi connectivity index (χ0n) is 18.9. The normalized spacial score (nSPS) is 25.3. The zero-order valence-corrected chi connectivity index (χ0v) is 18.9. The minimum Gasteiger partial charge on any atom is -0.481 e. The van der Waals surface area contributed by atoms with Gasteiger partial charge in [0.05, 0.1) is 0 Å². The molecule has 1 aromatic rings. The van der Waals surface area contributed by atoms with Crippen molar-refractivity contribution < 1.29 is 19.1 Å². The van der Waals surface area contributed by atoms with Crippen molar-refractivity contribution in [3.63, 3.8) is 0 Å². The highest BCUT2D eigenvalue weighted by molar-refractivity contribution is 5.79. The Kier molecular flexibility index (Phi) is 7.66. The van der Waals surface area contributed by atoms with E-state index >= 15 is 0 Å². The van der Waals surface area contributed by atoms with Crippen molar-refractivity contribution in [3.05, 3.63) is 30.1 Å². The van der Waals surface area contributed by atoms with Crippen LogP contribution in [0.4, 0.5) is 10.1 Å². The number of carbonyl (C=O) groups excluding carboxylic acids is 1. The molecule has 0 spiro atoms. The lowest BCUT2D eigenvalue weighted by molar-refractivity contribution is -0.141. The van der Waals surface area contributed by atoms with E-state index in [1.807, 2.05) is 17.0 Å². The molecule has 1 aliphatic carbocycles. The van der Waals surface area contributed by atoms with Crippen LogP contribution in [0.25, 0.3) is 0 Å². The molecular formula is C25H36FN3O3. The monoisotopic (exact) mass is 445 g/mol. The largest absolute Gasteiger partial charge is 0.481 e. The van der Waals surface area contributed by atoms with Gasteiger partial charge in [-0.1, -0.05) is 12.8 Å². The summed E-state index contributed by atoms with van der Waals surface area (Å²) in [6.45, 7) is 6.05.